The molecule has 3 aromatic rings. The van der Waals surface area contributed by atoms with E-state index in [1.165, 1.54) is 59.5 Å². The Morgan fingerprint density at radius 3 is 2.52 bits per heavy atom. The average Bonchev–Trinajstić information content (AvgIpc) is 2.68. The number of H-pyrrole nitrogens is 1. The van der Waals surface area contributed by atoms with Gasteiger partial charge in [-0.1, -0.05) is 49.4 Å². The molecule has 0 saturated carbocycles. The van der Waals surface area contributed by atoms with E-state index in [4.69, 9.17) is 0 Å². The average molecular weight is 356 g/mol. The van der Waals surface area contributed by atoms with Crippen LogP contribution >= 0.6 is 0 Å². The third kappa shape index (κ3) is 3.50. The first kappa shape index (κ1) is 17.5. The molecule has 2 aromatic carbocycles. The summed E-state index contributed by atoms with van der Waals surface area (Å²) >= 11 is 0. The molecule has 5 rings (SSSR count). The maximum atomic E-state index is 10.1. The van der Waals surface area contributed by atoms with Crippen LogP contribution in [0.15, 0.2) is 65.7 Å². The lowest BCUT2D eigenvalue weighted by Gasteiger charge is -2.28. The third-order valence-electron chi connectivity index (χ3n) is 5.45. The minimum atomic E-state index is -0.303. The van der Waals surface area contributed by atoms with Crippen molar-refractivity contribution in [2.75, 3.05) is 0 Å². The van der Waals surface area contributed by atoms with E-state index >= 15 is 0 Å². The fraction of sp³-hybridized carbons (Fsp3) is 0.250. The van der Waals surface area contributed by atoms with Crippen LogP contribution in [0.1, 0.15) is 36.1 Å². The number of aryl methyl sites for hydroxylation is 1. The van der Waals surface area contributed by atoms with Crippen LogP contribution in [-0.4, -0.2) is 9.97 Å². The zero-order valence-corrected chi connectivity index (χ0v) is 15.8. The molecular weight excluding hydrogens is 332 g/mol. The summed E-state index contributed by atoms with van der Waals surface area (Å²) in [6, 6.07) is 15.2. The van der Waals surface area contributed by atoms with Crippen LogP contribution in [0.25, 0.3) is 16.7 Å². The molecule has 0 spiro atoms. The van der Waals surface area contributed by atoms with Crippen molar-refractivity contribution in [2.24, 2.45) is 5.92 Å². The van der Waals surface area contributed by atoms with Crippen LogP contribution < -0.4 is 5.69 Å². The van der Waals surface area contributed by atoms with E-state index in [0.717, 1.165) is 0 Å². The molecule has 1 unspecified atom stereocenters. The van der Waals surface area contributed by atoms with Crippen molar-refractivity contribution in [3.8, 4) is 11.1 Å². The number of allylic oxidation sites excluding steroid dienone is 2. The number of hydrogen-bond donors (Lipinski definition) is 1. The molecule has 1 heterocycles. The molecule has 0 radical (unpaired) electrons. The molecule has 0 amide bonds. The maximum absolute atomic E-state index is 10.1. The summed E-state index contributed by atoms with van der Waals surface area (Å²) in [5.74, 6) is 0.672. The highest BCUT2D eigenvalue weighted by atomic mass is 16.1. The summed E-state index contributed by atoms with van der Waals surface area (Å²) in [7, 11) is 0. The Balaban J connectivity index is 0.000000218. The number of fused-ring (bicyclic) bond motifs is 5. The van der Waals surface area contributed by atoms with Gasteiger partial charge in [0.25, 0.3) is 0 Å². The third-order valence-corrected chi connectivity index (χ3v) is 5.45. The molecule has 2 aliphatic carbocycles. The van der Waals surface area contributed by atoms with Gasteiger partial charge in [0.1, 0.15) is 0 Å². The molecular formula is C24H24N2O. The molecule has 3 heteroatoms. The SMILES string of the molecule is CC1=CC(C)Cc2c1ccc1c2CCc2ccccc2-1.O=c1nccc[nH]1. The monoisotopic (exact) mass is 356 g/mol. The van der Waals surface area contributed by atoms with Gasteiger partial charge in [0.05, 0.1) is 0 Å². The molecule has 1 aromatic heterocycles. The van der Waals surface area contributed by atoms with E-state index in [0.29, 0.717) is 5.92 Å². The fourth-order valence-electron chi connectivity index (χ4n) is 4.30. The van der Waals surface area contributed by atoms with E-state index < -0.39 is 0 Å². The number of hydrogen-bond acceptors (Lipinski definition) is 2. The van der Waals surface area contributed by atoms with Gasteiger partial charge in [-0.3, -0.25) is 0 Å². The van der Waals surface area contributed by atoms with Gasteiger partial charge in [0.2, 0.25) is 0 Å². The zero-order valence-electron chi connectivity index (χ0n) is 15.8. The molecule has 0 saturated heterocycles. The summed E-state index contributed by atoms with van der Waals surface area (Å²) in [6.45, 7) is 4.60. The predicted octanol–water partition coefficient (Wildman–Crippen LogP) is 4.82. The smallest absolute Gasteiger partial charge is 0.313 e. The lowest BCUT2D eigenvalue weighted by atomic mass is 9.76. The Kier molecular flexibility index (Phi) is 4.76. The minimum absolute atomic E-state index is 0.303. The first-order chi connectivity index (χ1) is 13.1. The number of rotatable bonds is 0. The molecule has 136 valence electrons. The molecule has 1 atom stereocenters. The van der Waals surface area contributed by atoms with Crippen molar-refractivity contribution in [1.29, 1.82) is 0 Å². The maximum Gasteiger partial charge on any atom is 0.344 e. The number of nitrogens with one attached hydrogen (secondary N) is 1. The van der Waals surface area contributed by atoms with Crippen molar-refractivity contribution >= 4 is 5.57 Å². The first-order valence-electron chi connectivity index (χ1n) is 9.55. The molecule has 1 N–H and O–H groups in total. The van der Waals surface area contributed by atoms with E-state index in [2.05, 4.69) is 66.3 Å². The number of aromatic nitrogens is 2. The number of benzene rings is 2. The van der Waals surface area contributed by atoms with E-state index in [9.17, 15) is 4.79 Å². The second kappa shape index (κ2) is 7.36. The molecule has 2 aliphatic rings. The summed E-state index contributed by atoms with van der Waals surface area (Å²) in [4.78, 5) is 15.8. The van der Waals surface area contributed by atoms with Gasteiger partial charge in [-0.25, -0.2) is 9.78 Å². The highest BCUT2D eigenvalue weighted by molar-refractivity contribution is 5.80. The number of aromatic amines is 1. The van der Waals surface area contributed by atoms with Crippen molar-refractivity contribution < 1.29 is 0 Å². The van der Waals surface area contributed by atoms with Crippen LogP contribution in [0.5, 0.6) is 0 Å². The van der Waals surface area contributed by atoms with Gasteiger partial charge < -0.3 is 4.98 Å². The molecule has 27 heavy (non-hydrogen) atoms. The van der Waals surface area contributed by atoms with Crippen LogP contribution in [0.2, 0.25) is 0 Å². The lowest BCUT2D eigenvalue weighted by molar-refractivity contribution is 0.702. The van der Waals surface area contributed by atoms with E-state index in [-0.39, 0.29) is 5.69 Å². The Morgan fingerprint density at radius 2 is 1.78 bits per heavy atom. The summed E-state index contributed by atoms with van der Waals surface area (Å²) in [6.07, 6.45) is 9.00. The molecule has 0 aliphatic heterocycles. The van der Waals surface area contributed by atoms with Crippen molar-refractivity contribution in [2.45, 2.75) is 33.1 Å². The highest BCUT2D eigenvalue weighted by Gasteiger charge is 2.23. The van der Waals surface area contributed by atoms with Crippen molar-refractivity contribution in [1.82, 2.24) is 9.97 Å². The Bertz CT molecular complexity index is 1040. The van der Waals surface area contributed by atoms with Crippen molar-refractivity contribution in [3.63, 3.8) is 0 Å². The topological polar surface area (TPSA) is 45.8 Å². The van der Waals surface area contributed by atoms with Crippen LogP contribution in [0.4, 0.5) is 0 Å². The fourth-order valence-corrected chi connectivity index (χ4v) is 4.30. The number of nitrogens with zero attached hydrogens (tertiary/aromatic N) is 1. The highest BCUT2D eigenvalue weighted by Crippen LogP contribution is 2.40. The standard InChI is InChI=1S/C20H20.C4H4N2O/c1-13-11-14(2)16-9-10-18-17-6-4-3-5-15(17)7-8-19(18)20(16)12-13;7-4-5-2-1-3-6-4/h3-6,9-11,13H,7-8,12H2,1-2H3;1-3H,(H,5,6,7). The quantitative estimate of drug-likeness (QED) is 0.628. The van der Waals surface area contributed by atoms with Gasteiger partial charge in [0.15, 0.2) is 0 Å². The van der Waals surface area contributed by atoms with E-state index in [1.807, 2.05) is 0 Å². The van der Waals surface area contributed by atoms with Gasteiger partial charge in [0, 0.05) is 12.4 Å². The first-order valence-corrected chi connectivity index (χ1v) is 9.55. The van der Waals surface area contributed by atoms with E-state index in [1.54, 1.807) is 17.2 Å². The normalized spacial score (nSPS) is 16.8. The summed E-state index contributed by atoms with van der Waals surface area (Å²) < 4.78 is 0. The predicted molar refractivity (Wildman–Crippen MR) is 111 cm³/mol. The Labute approximate surface area is 159 Å². The Morgan fingerprint density at radius 1 is 0.963 bits per heavy atom. The van der Waals surface area contributed by atoms with Gasteiger partial charge >= 0.3 is 5.69 Å². The molecule has 0 bridgehead atoms. The summed E-state index contributed by atoms with van der Waals surface area (Å²) in [5.41, 5.74) is 10.3. The van der Waals surface area contributed by atoms with Crippen LogP contribution in [0, 0.1) is 5.92 Å². The van der Waals surface area contributed by atoms with Crippen molar-refractivity contribution in [3.05, 3.63) is 93.7 Å². The largest absolute Gasteiger partial charge is 0.344 e. The zero-order chi connectivity index (χ0) is 18.8. The van der Waals surface area contributed by atoms with Gasteiger partial charge in [-0.15, -0.1) is 0 Å². The van der Waals surface area contributed by atoms with Gasteiger partial charge in [-0.2, -0.15) is 0 Å². The lowest BCUT2D eigenvalue weighted by Crippen LogP contribution is -2.14. The Hall–Kier alpha value is -2.94. The van der Waals surface area contributed by atoms with Crippen LogP contribution in [0.3, 0.4) is 0 Å². The van der Waals surface area contributed by atoms with Crippen LogP contribution in [-0.2, 0) is 19.3 Å². The molecule has 0 fully saturated rings. The second-order valence-electron chi connectivity index (χ2n) is 7.39. The second-order valence-corrected chi connectivity index (χ2v) is 7.39. The minimum Gasteiger partial charge on any atom is -0.313 e. The molecule has 3 nitrogen and oxygen atoms in total. The van der Waals surface area contributed by atoms with Gasteiger partial charge in [-0.05, 0) is 77.1 Å². The summed E-state index contributed by atoms with van der Waals surface area (Å²) in [5, 5.41) is 0.